The van der Waals surface area contributed by atoms with Crippen LogP contribution in [0.4, 0.5) is 0 Å². The van der Waals surface area contributed by atoms with Crippen LogP contribution >= 0.6 is 0 Å². The number of aromatic nitrogens is 3. The number of rotatable bonds is 2. The number of aryl methyl sites for hydroxylation is 2. The highest BCUT2D eigenvalue weighted by atomic mass is 16.3. The fourth-order valence-corrected chi connectivity index (χ4v) is 1.44. The number of hydrogen-bond acceptors (Lipinski definition) is 3. The van der Waals surface area contributed by atoms with Crippen molar-refractivity contribution >= 4 is 0 Å². The third kappa shape index (κ3) is 1.89. The number of pyridine rings is 1. The van der Waals surface area contributed by atoms with E-state index in [9.17, 15) is 5.11 Å². The Kier molecular flexibility index (Phi) is 2.51. The molecule has 0 aromatic carbocycles. The molecule has 0 saturated heterocycles. The molecular formula is C11H13N3O. The molecule has 0 spiro atoms. The van der Waals surface area contributed by atoms with Crippen molar-refractivity contribution in [3.8, 4) is 0 Å². The van der Waals surface area contributed by atoms with Crippen LogP contribution in [0.5, 0.6) is 0 Å². The summed E-state index contributed by atoms with van der Waals surface area (Å²) in [6, 6.07) is 3.76. The summed E-state index contributed by atoms with van der Waals surface area (Å²) in [6.45, 7) is 1.92. The Morgan fingerprint density at radius 3 is 2.67 bits per heavy atom. The van der Waals surface area contributed by atoms with E-state index in [4.69, 9.17) is 0 Å². The van der Waals surface area contributed by atoms with Gasteiger partial charge in [-0.2, -0.15) is 0 Å². The minimum absolute atomic E-state index is 0.661. The maximum absolute atomic E-state index is 10.1. The van der Waals surface area contributed by atoms with Gasteiger partial charge in [-0.15, -0.1) is 0 Å². The van der Waals surface area contributed by atoms with Crippen LogP contribution in [-0.2, 0) is 7.05 Å². The average Bonchev–Trinajstić information content (AvgIpc) is 2.65. The first-order valence-electron chi connectivity index (χ1n) is 4.75. The normalized spacial score (nSPS) is 12.7. The summed E-state index contributed by atoms with van der Waals surface area (Å²) in [5, 5.41) is 10.1. The number of nitrogens with zero attached hydrogens (tertiary/aromatic N) is 3. The van der Waals surface area contributed by atoms with E-state index in [2.05, 4.69) is 9.97 Å². The summed E-state index contributed by atoms with van der Waals surface area (Å²) in [5.74, 6) is 0. The molecule has 4 nitrogen and oxygen atoms in total. The van der Waals surface area contributed by atoms with Crippen molar-refractivity contribution < 1.29 is 5.11 Å². The number of aliphatic hydroxyl groups excluding tert-OH is 1. The lowest BCUT2D eigenvalue weighted by Gasteiger charge is -2.11. The number of hydrogen-bond donors (Lipinski definition) is 1. The standard InChI is InChI=1S/C11H13N3O/c1-8-3-4-9(5-13-8)11(15)10-6-12-7-14(10)2/h3-7,11,15H,1-2H3/t11-/m1/s1. The van der Waals surface area contributed by atoms with E-state index in [1.165, 1.54) is 0 Å². The van der Waals surface area contributed by atoms with Gasteiger partial charge in [-0.25, -0.2) is 4.98 Å². The van der Waals surface area contributed by atoms with Crippen LogP contribution in [0.15, 0.2) is 30.9 Å². The monoisotopic (exact) mass is 203 g/mol. The van der Waals surface area contributed by atoms with Gasteiger partial charge in [0.1, 0.15) is 6.10 Å². The molecule has 0 aliphatic carbocycles. The number of aliphatic hydroxyl groups is 1. The van der Waals surface area contributed by atoms with Crippen LogP contribution in [0.1, 0.15) is 23.1 Å². The SMILES string of the molecule is Cc1ccc([C@@H](O)c2cncn2C)cn1. The third-order valence-corrected chi connectivity index (χ3v) is 2.38. The van der Waals surface area contributed by atoms with Crippen molar-refractivity contribution in [1.29, 1.82) is 0 Å². The molecule has 15 heavy (non-hydrogen) atoms. The van der Waals surface area contributed by atoms with E-state index in [1.807, 2.05) is 26.1 Å². The van der Waals surface area contributed by atoms with Gasteiger partial charge >= 0.3 is 0 Å². The van der Waals surface area contributed by atoms with Crippen LogP contribution in [0.2, 0.25) is 0 Å². The quantitative estimate of drug-likeness (QED) is 0.798. The fraction of sp³-hybridized carbons (Fsp3) is 0.273. The van der Waals surface area contributed by atoms with Gasteiger partial charge in [-0.3, -0.25) is 4.98 Å². The first kappa shape index (κ1) is 9.86. The van der Waals surface area contributed by atoms with Gasteiger partial charge in [0.25, 0.3) is 0 Å². The van der Waals surface area contributed by atoms with Crippen molar-refractivity contribution in [1.82, 2.24) is 14.5 Å². The van der Waals surface area contributed by atoms with Gasteiger partial charge in [0.05, 0.1) is 18.2 Å². The Morgan fingerprint density at radius 1 is 1.33 bits per heavy atom. The van der Waals surface area contributed by atoms with Gasteiger partial charge in [0.2, 0.25) is 0 Å². The van der Waals surface area contributed by atoms with Crippen molar-refractivity contribution in [2.24, 2.45) is 7.05 Å². The topological polar surface area (TPSA) is 50.9 Å². The Hall–Kier alpha value is -1.68. The molecular weight excluding hydrogens is 190 g/mol. The van der Waals surface area contributed by atoms with E-state index in [0.717, 1.165) is 17.0 Å². The van der Waals surface area contributed by atoms with E-state index in [0.29, 0.717) is 0 Å². The Bertz CT molecular complexity index is 447. The van der Waals surface area contributed by atoms with Crippen molar-refractivity contribution in [3.63, 3.8) is 0 Å². The lowest BCUT2D eigenvalue weighted by Crippen LogP contribution is -2.05. The highest BCUT2D eigenvalue weighted by molar-refractivity contribution is 5.23. The highest BCUT2D eigenvalue weighted by Crippen LogP contribution is 2.19. The van der Waals surface area contributed by atoms with Crippen LogP contribution in [0, 0.1) is 6.92 Å². The predicted octanol–water partition coefficient (Wildman–Crippen LogP) is 1.21. The lowest BCUT2D eigenvalue weighted by atomic mass is 10.1. The first-order valence-corrected chi connectivity index (χ1v) is 4.75. The molecule has 0 radical (unpaired) electrons. The molecule has 0 unspecified atom stereocenters. The minimum Gasteiger partial charge on any atom is -0.382 e. The van der Waals surface area contributed by atoms with Gasteiger partial charge in [-0.05, 0) is 13.0 Å². The molecule has 2 rings (SSSR count). The van der Waals surface area contributed by atoms with Crippen LogP contribution in [0.25, 0.3) is 0 Å². The van der Waals surface area contributed by atoms with E-state index < -0.39 is 6.10 Å². The highest BCUT2D eigenvalue weighted by Gasteiger charge is 2.13. The largest absolute Gasteiger partial charge is 0.382 e. The zero-order valence-electron chi connectivity index (χ0n) is 8.75. The van der Waals surface area contributed by atoms with Crippen molar-refractivity contribution in [2.75, 3.05) is 0 Å². The molecule has 2 aromatic heterocycles. The second-order valence-corrected chi connectivity index (χ2v) is 3.56. The van der Waals surface area contributed by atoms with Crippen LogP contribution in [0.3, 0.4) is 0 Å². The molecule has 0 aliphatic heterocycles. The fourth-order valence-electron chi connectivity index (χ4n) is 1.44. The molecule has 0 bridgehead atoms. The lowest BCUT2D eigenvalue weighted by molar-refractivity contribution is 0.211. The smallest absolute Gasteiger partial charge is 0.122 e. The molecule has 0 aliphatic rings. The minimum atomic E-state index is -0.661. The number of imidazole rings is 1. The van der Waals surface area contributed by atoms with Crippen LogP contribution < -0.4 is 0 Å². The van der Waals surface area contributed by atoms with Gasteiger partial charge in [0.15, 0.2) is 0 Å². The van der Waals surface area contributed by atoms with Crippen molar-refractivity contribution in [2.45, 2.75) is 13.0 Å². The summed E-state index contributed by atoms with van der Waals surface area (Å²) in [7, 11) is 1.85. The maximum atomic E-state index is 10.1. The molecule has 0 saturated carbocycles. The molecule has 1 atom stereocenters. The van der Waals surface area contributed by atoms with E-state index >= 15 is 0 Å². The maximum Gasteiger partial charge on any atom is 0.122 e. The molecule has 78 valence electrons. The van der Waals surface area contributed by atoms with Gasteiger partial charge in [-0.1, -0.05) is 6.07 Å². The summed E-state index contributed by atoms with van der Waals surface area (Å²) < 4.78 is 1.80. The summed E-state index contributed by atoms with van der Waals surface area (Å²) in [5.41, 5.74) is 2.49. The molecule has 0 amide bonds. The van der Waals surface area contributed by atoms with Gasteiger partial charge in [0, 0.05) is 24.5 Å². The third-order valence-electron chi connectivity index (χ3n) is 2.38. The molecule has 1 N–H and O–H groups in total. The Balaban J connectivity index is 2.32. The molecule has 2 heterocycles. The second kappa shape index (κ2) is 3.82. The first-order chi connectivity index (χ1) is 7.18. The average molecular weight is 203 g/mol. The second-order valence-electron chi connectivity index (χ2n) is 3.56. The van der Waals surface area contributed by atoms with E-state index in [1.54, 1.807) is 23.3 Å². The Labute approximate surface area is 88.2 Å². The molecule has 0 fully saturated rings. The van der Waals surface area contributed by atoms with Gasteiger partial charge < -0.3 is 9.67 Å². The molecule has 2 aromatic rings. The zero-order chi connectivity index (χ0) is 10.8. The molecule has 4 heteroatoms. The summed E-state index contributed by atoms with van der Waals surface area (Å²) in [6.07, 6.45) is 4.35. The zero-order valence-corrected chi connectivity index (χ0v) is 8.75. The van der Waals surface area contributed by atoms with Crippen LogP contribution in [-0.4, -0.2) is 19.6 Å². The summed E-state index contributed by atoms with van der Waals surface area (Å²) in [4.78, 5) is 8.12. The summed E-state index contributed by atoms with van der Waals surface area (Å²) >= 11 is 0. The van der Waals surface area contributed by atoms with E-state index in [-0.39, 0.29) is 0 Å². The Morgan fingerprint density at radius 2 is 2.13 bits per heavy atom. The predicted molar refractivity (Wildman–Crippen MR) is 56.2 cm³/mol. The van der Waals surface area contributed by atoms with Crippen molar-refractivity contribution in [3.05, 3.63) is 47.8 Å².